The van der Waals surface area contributed by atoms with Crippen LogP contribution < -0.4 is 0 Å². The lowest BCUT2D eigenvalue weighted by atomic mass is 9.74. The third kappa shape index (κ3) is 1.27. The number of rotatable bonds is 1. The SMILES string of the molecule is O=C1C2COCC1CC(CO)C2. The summed E-state index contributed by atoms with van der Waals surface area (Å²) in [5.74, 6) is 0.858. The quantitative estimate of drug-likeness (QED) is 0.612. The summed E-state index contributed by atoms with van der Waals surface area (Å²) in [7, 11) is 0. The summed E-state index contributed by atoms with van der Waals surface area (Å²) in [4.78, 5) is 11.5. The molecule has 68 valence electrons. The molecule has 1 aliphatic carbocycles. The first-order chi connectivity index (χ1) is 5.81. The minimum atomic E-state index is 0.0784. The number of fused-ring (bicyclic) bond motifs is 2. The lowest BCUT2D eigenvalue weighted by Gasteiger charge is -2.36. The van der Waals surface area contributed by atoms with Gasteiger partial charge in [0.15, 0.2) is 0 Å². The zero-order valence-corrected chi connectivity index (χ0v) is 7.03. The molecule has 12 heavy (non-hydrogen) atoms. The molecule has 1 N–H and O–H groups in total. The third-order valence-electron chi connectivity index (χ3n) is 2.94. The molecule has 2 unspecified atom stereocenters. The van der Waals surface area contributed by atoms with Crippen LogP contribution in [-0.4, -0.2) is 30.7 Å². The standard InChI is InChI=1S/C9H14O3/c10-3-6-1-7-4-12-5-8(2-6)9(7)11/h6-8,10H,1-5H2. The normalized spacial score (nSPS) is 41.4. The van der Waals surface area contributed by atoms with Crippen LogP contribution in [0.4, 0.5) is 0 Å². The number of aliphatic hydroxyl groups excluding tert-OH is 1. The highest BCUT2D eigenvalue weighted by molar-refractivity contribution is 5.85. The van der Waals surface area contributed by atoms with E-state index in [1.807, 2.05) is 0 Å². The average molecular weight is 170 g/mol. The van der Waals surface area contributed by atoms with Crippen molar-refractivity contribution in [3.63, 3.8) is 0 Å². The number of ketones is 1. The van der Waals surface area contributed by atoms with Gasteiger partial charge in [0, 0.05) is 18.4 Å². The average Bonchev–Trinajstić information content (AvgIpc) is 2.04. The number of carbonyl (C=O) groups is 1. The molecule has 3 heteroatoms. The Kier molecular flexibility index (Phi) is 2.15. The molecule has 0 spiro atoms. The van der Waals surface area contributed by atoms with E-state index in [-0.39, 0.29) is 18.4 Å². The van der Waals surface area contributed by atoms with Gasteiger partial charge in [-0.05, 0) is 18.8 Å². The van der Waals surface area contributed by atoms with Gasteiger partial charge in [-0.3, -0.25) is 4.79 Å². The maximum Gasteiger partial charge on any atom is 0.143 e. The summed E-state index contributed by atoms with van der Waals surface area (Å²) in [6, 6.07) is 0. The summed E-state index contributed by atoms with van der Waals surface area (Å²) in [5, 5.41) is 8.98. The molecule has 3 nitrogen and oxygen atoms in total. The van der Waals surface area contributed by atoms with E-state index in [1.165, 1.54) is 0 Å². The van der Waals surface area contributed by atoms with E-state index in [1.54, 1.807) is 0 Å². The van der Waals surface area contributed by atoms with Crippen molar-refractivity contribution in [2.24, 2.45) is 17.8 Å². The first kappa shape index (κ1) is 8.20. The molecule has 0 aromatic heterocycles. The zero-order chi connectivity index (χ0) is 8.55. The van der Waals surface area contributed by atoms with Crippen LogP contribution in [-0.2, 0) is 9.53 Å². The molecule has 1 heterocycles. The number of hydrogen-bond acceptors (Lipinski definition) is 3. The van der Waals surface area contributed by atoms with Crippen molar-refractivity contribution >= 4 is 5.78 Å². The van der Waals surface area contributed by atoms with Gasteiger partial charge in [0.25, 0.3) is 0 Å². The van der Waals surface area contributed by atoms with Crippen molar-refractivity contribution in [1.82, 2.24) is 0 Å². The first-order valence-electron chi connectivity index (χ1n) is 4.53. The van der Waals surface area contributed by atoms with Gasteiger partial charge in [-0.2, -0.15) is 0 Å². The van der Waals surface area contributed by atoms with Crippen molar-refractivity contribution in [3.8, 4) is 0 Å². The molecule has 2 rings (SSSR count). The molecule has 2 atom stereocenters. The predicted molar refractivity (Wildman–Crippen MR) is 42.6 cm³/mol. The summed E-state index contributed by atoms with van der Waals surface area (Å²) in [6.07, 6.45) is 1.65. The minimum Gasteiger partial charge on any atom is -0.396 e. The maximum absolute atomic E-state index is 11.5. The topological polar surface area (TPSA) is 46.5 Å². The van der Waals surface area contributed by atoms with Crippen LogP contribution in [0.1, 0.15) is 12.8 Å². The number of Topliss-reactive ketones (excluding diaryl/α,β-unsaturated/α-hetero) is 1. The Morgan fingerprint density at radius 1 is 1.33 bits per heavy atom. The maximum atomic E-state index is 11.5. The van der Waals surface area contributed by atoms with Crippen LogP contribution in [0.5, 0.6) is 0 Å². The van der Waals surface area contributed by atoms with E-state index in [2.05, 4.69) is 0 Å². The van der Waals surface area contributed by atoms with Gasteiger partial charge < -0.3 is 9.84 Å². The first-order valence-corrected chi connectivity index (χ1v) is 4.53. The van der Waals surface area contributed by atoms with E-state index in [9.17, 15) is 4.79 Å². The second-order valence-electron chi connectivity index (χ2n) is 3.85. The highest BCUT2D eigenvalue weighted by Crippen LogP contribution is 2.33. The molecule has 1 saturated heterocycles. The van der Waals surface area contributed by atoms with Crippen molar-refractivity contribution in [2.45, 2.75) is 12.8 Å². The fourth-order valence-corrected chi connectivity index (χ4v) is 2.27. The highest BCUT2D eigenvalue weighted by Gasteiger charge is 2.39. The Balaban J connectivity index is 2.07. The van der Waals surface area contributed by atoms with Gasteiger partial charge >= 0.3 is 0 Å². The summed E-state index contributed by atoms with van der Waals surface area (Å²) < 4.78 is 5.30. The summed E-state index contributed by atoms with van der Waals surface area (Å²) >= 11 is 0. The number of hydrogen-bond donors (Lipinski definition) is 1. The molecule has 0 amide bonds. The third-order valence-corrected chi connectivity index (χ3v) is 2.94. The van der Waals surface area contributed by atoms with Crippen LogP contribution in [0.3, 0.4) is 0 Å². The van der Waals surface area contributed by atoms with Crippen LogP contribution in [0.25, 0.3) is 0 Å². The molecular formula is C9H14O3. The van der Waals surface area contributed by atoms with Gasteiger partial charge in [0.1, 0.15) is 5.78 Å². The lowest BCUT2D eigenvalue weighted by Crippen LogP contribution is -2.43. The lowest BCUT2D eigenvalue weighted by molar-refractivity contribution is -0.144. The highest BCUT2D eigenvalue weighted by atomic mass is 16.5. The van der Waals surface area contributed by atoms with E-state index in [0.717, 1.165) is 12.8 Å². The number of carbonyl (C=O) groups excluding carboxylic acids is 1. The fraction of sp³-hybridized carbons (Fsp3) is 0.889. The molecule has 0 radical (unpaired) electrons. The monoisotopic (exact) mass is 170 g/mol. The molecule has 1 aliphatic heterocycles. The van der Waals surface area contributed by atoms with E-state index in [0.29, 0.717) is 24.9 Å². The molecule has 1 saturated carbocycles. The summed E-state index contributed by atoms with van der Waals surface area (Å²) in [5.41, 5.74) is 0. The molecular weight excluding hydrogens is 156 g/mol. The largest absolute Gasteiger partial charge is 0.396 e. The molecule has 0 aromatic rings. The number of aliphatic hydroxyl groups is 1. The van der Waals surface area contributed by atoms with Gasteiger partial charge in [-0.1, -0.05) is 0 Å². The van der Waals surface area contributed by atoms with Crippen molar-refractivity contribution in [1.29, 1.82) is 0 Å². The van der Waals surface area contributed by atoms with Gasteiger partial charge in [-0.25, -0.2) is 0 Å². The van der Waals surface area contributed by atoms with Crippen molar-refractivity contribution in [3.05, 3.63) is 0 Å². The smallest absolute Gasteiger partial charge is 0.143 e. The zero-order valence-electron chi connectivity index (χ0n) is 7.03. The van der Waals surface area contributed by atoms with E-state index in [4.69, 9.17) is 9.84 Å². The predicted octanol–water partition coefficient (Wildman–Crippen LogP) is 0.220. The van der Waals surface area contributed by atoms with E-state index >= 15 is 0 Å². The van der Waals surface area contributed by atoms with Crippen LogP contribution in [0.15, 0.2) is 0 Å². The Bertz CT molecular complexity index is 174. The van der Waals surface area contributed by atoms with Crippen molar-refractivity contribution < 1.29 is 14.6 Å². The van der Waals surface area contributed by atoms with Crippen LogP contribution in [0.2, 0.25) is 0 Å². The minimum absolute atomic E-state index is 0.0784. The van der Waals surface area contributed by atoms with Gasteiger partial charge in [0.2, 0.25) is 0 Å². The second-order valence-corrected chi connectivity index (χ2v) is 3.85. The van der Waals surface area contributed by atoms with Crippen LogP contribution in [0, 0.1) is 17.8 Å². The van der Waals surface area contributed by atoms with Gasteiger partial charge in [-0.15, -0.1) is 0 Å². The Morgan fingerprint density at radius 2 is 1.92 bits per heavy atom. The van der Waals surface area contributed by atoms with Gasteiger partial charge in [0.05, 0.1) is 13.2 Å². The van der Waals surface area contributed by atoms with E-state index < -0.39 is 0 Å². The molecule has 2 fully saturated rings. The molecule has 2 aliphatic rings. The Hall–Kier alpha value is -0.410. The van der Waals surface area contributed by atoms with Crippen molar-refractivity contribution in [2.75, 3.05) is 19.8 Å². The Morgan fingerprint density at radius 3 is 2.42 bits per heavy atom. The van der Waals surface area contributed by atoms with Crippen LogP contribution >= 0.6 is 0 Å². The Labute approximate surface area is 71.7 Å². The molecule has 0 aromatic carbocycles. The molecule has 2 bridgehead atoms. The fourth-order valence-electron chi connectivity index (χ4n) is 2.27. The second kappa shape index (κ2) is 3.15. The number of ether oxygens (including phenoxy) is 1. The summed E-state index contributed by atoms with van der Waals surface area (Å²) in [6.45, 7) is 1.37.